The number of aryl methyl sites for hydroxylation is 2. The SMILES string of the molecule is CCCC(Oc1c(C)cc(C=O)cc1C)C(=O)OCC. The first-order valence-electron chi connectivity index (χ1n) is 6.93. The summed E-state index contributed by atoms with van der Waals surface area (Å²) in [5.41, 5.74) is 2.30. The van der Waals surface area contributed by atoms with Crippen LogP contribution in [0.2, 0.25) is 0 Å². The maximum absolute atomic E-state index is 11.9. The van der Waals surface area contributed by atoms with Crippen LogP contribution in [0.3, 0.4) is 0 Å². The molecule has 0 fully saturated rings. The minimum Gasteiger partial charge on any atom is -0.478 e. The molecular weight excluding hydrogens is 256 g/mol. The molecule has 20 heavy (non-hydrogen) atoms. The monoisotopic (exact) mass is 278 g/mol. The van der Waals surface area contributed by atoms with E-state index in [1.165, 1.54) is 0 Å². The maximum Gasteiger partial charge on any atom is 0.347 e. The predicted octanol–water partition coefficient (Wildman–Crippen LogP) is 3.23. The molecule has 0 bridgehead atoms. The molecule has 0 saturated carbocycles. The summed E-state index contributed by atoms with van der Waals surface area (Å²) in [5, 5.41) is 0. The Morgan fingerprint density at radius 2 is 1.85 bits per heavy atom. The summed E-state index contributed by atoms with van der Waals surface area (Å²) in [4.78, 5) is 22.7. The van der Waals surface area contributed by atoms with Gasteiger partial charge in [0.2, 0.25) is 0 Å². The third-order valence-electron chi connectivity index (χ3n) is 2.98. The van der Waals surface area contributed by atoms with E-state index in [-0.39, 0.29) is 5.97 Å². The molecule has 1 aromatic rings. The summed E-state index contributed by atoms with van der Waals surface area (Å²) < 4.78 is 10.9. The smallest absolute Gasteiger partial charge is 0.347 e. The number of esters is 1. The molecule has 1 unspecified atom stereocenters. The van der Waals surface area contributed by atoms with E-state index in [0.717, 1.165) is 23.8 Å². The molecule has 0 aromatic heterocycles. The third-order valence-corrected chi connectivity index (χ3v) is 2.98. The number of hydrogen-bond donors (Lipinski definition) is 0. The highest BCUT2D eigenvalue weighted by molar-refractivity contribution is 5.77. The van der Waals surface area contributed by atoms with Crippen LogP contribution in [0.5, 0.6) is 5.75 Å². The van der Waals surface area contributed by atoms with Crippen LogP contribution in [0.4, 0.5) is 0 Å². The number of ether oxygens (including phenoxy) is 2. The lowest BCUT2D eigenvalue weighted by atomic mass is 10.1. The Balaban J connectivity index is 2.99. The van der Waals surface area contributed by atoms with Crippen molar-refractivity contribution in [1.82, 2.24) is 0 Å². The van der Waals surface area contributed by atoms with Gasteiger partial charge in [-0.25, -0.2) is 4.79 Å². The van der Waals surface area contributed by atoms with Crippen molar-refractivity contribution in [1.29, 1.82) is 0 Å². The van der Waals surface area contributed by atoms with Gasteiger partial charge in [-0.1, -0.05) is 13.3 Å². The van der Waals surface area contributed by atoms with Gasteiger partial charge < -0.3 is 9.47 Å². The van der Waals surface area contributed by atoms with Crippen LogP contribution in [0.1, 0.15) is 48.2 Å². The first-order valence-corrected chi connectivity index (χ1v) is 6.93. The average Bonchev–Trinajstić information content (AvgIpc) is 2.41. The molecule has 1 atom stereocenters. The molecule has 1 aromatic carbocycles. The van der Waals surface area contributed by atoms with Crippen LogP contribution >= 0.6 is 0 Å². The highest BCUT2D eigenvalue weighted by Gasteiger charge is 2.22. The lowest BCUT2D eigenvalue weighted by Gasteiger charge is -2.20. The lowest BCUT2D eigenvalue weighted by Crippen LogP contribution is -2.29. The Bertz CT molecular complexity index is 456. The van der Waals surface area contributed by atoms with Crippen LogP contribution in [-0.4, -0.2) is 25.0 Å². The second-order valence-electron chi connectivity index (χ2n) is 4.75. The van der Waals surface area contributed by atoms with E-state index < -0.39 is 6.10 Å². The van der Waals surface area contributed by atoms with E-state index in [2.05, 4.69) is 0 Å². The molecular formula is C16H22O4. The number of aldehydes is 1. The maximum atomic E-state index is 11.9. The average molecular weight is 278 g/mol. The summed E-state index contributed by atoms with van der Waals surface area (Å²) in [5.74, 6) is 0.315. The molecule has 110 valence electrons. The number of rotatable bonds is 7. The summed E-state index contributed by atoms with van der Waals surface area (Å²) in [6, 6.07) is 3.51. The van der Waals surface area contributed by atoms with Crippen molar-refractivity contribution in [2.75, 3.05) is 6.61 Å². The third kappa shape index (κ3) is 4.08. The fourth-order valence-corrected chi connectivity index (χ4v) is 2.10. The first kappa shape index (κ1) is 16.2. The van der Waals surface area contributed by atoms with Crippen LogP contribution < -0.4 is 4.74 Å². The van der Waals surface area contributed by atoms with E-state index in [1.54, 1.807) is 19.1 Å². The van der Waals surface area contributed by atoms with Gasteiger partial charge in [-0.3, -0.25) is 4.79 Å². The molecule has 0 aliphatic rings. The van der Waals surface area contributed by atoms with Gasteiger partial charge in [0.25, 0.3) is 0 Å². The van der Waals surface area contributed by atoms with E-state index in [9.17, 15) is 9.59 Å². The standard InChI is InChI=1S/C16H22O4/c1-5-7-14(16(18)19-6-2)20-15-11(3)8-13(10-17)9-12(15)4/h8-10,14H,5-7H2,1-4H3. The van der Waals surface area contributed by atoms with Gasteiger partial charge >= 0.3 is 5.97 Å². The van der Waals surface area contributed by atoms with Crippen LogP contribution in [0, 0.1) is 13.8 Å². The second-order valence-corrected chi connectivity index (χ2v) is 4.75. The molecule has 4 nitrogen and oxygen atoms in total. The molecule has 0 heterocycles. The highest BCUT2D eigenvalue weighted by atomic mass is 16.6. The quantitative estimate of drug-likeness (QED) is 0.567. The van der Waals surface area contributed by atoms with Crippen LogP contribution in [-0.2, 0) is 9.53 Å². The van der Waals surface area contributed by atoms with Gasteiger partial charge in [-0.15, -0.1) is 0 Å². The van der Waals surface area contributed by atoms with E-state index in [1.807, 2.05) is 20.8 Å². The normalized spacial score (nSPS) is 11.8. The van der Waals surface area contributed by atoms with E-state index in [0.29, 0.717) is 24.3 Å². The summed E-state index contributed by atoms with van der Waals surface area (Å²) in [6.07, 6.45) is 1.64. The van der Waals surface area contributed by atoms with Gasteiger partial charge in [-0.2, -0.15) is 0 Å². The minimum atomic E-state index is -0.598. The molecule has 0 spiro atoms. The zero-order chi connectivity index (χ0) is 15.1. The molecule has 4 heteroatoms. The first-order chi connectivity index (χ1) is 9.53. The molecule has 0 aliphatic heterocycles. The van der Waals surface area contributed by atoms with Crippen molar-refractivity contribution in [2.24, 2.45) is 0 Å². The topological polar surface area (TPSA) is 52.6 Å². The van der Waals surface area contributed by atoms with Crippen molar-refractivity contribution in [2.45, 2.75) is 46.6 Å². The fraction of sp³-hybridized carbons (Fsp3) is 0.500. The van der Waals surface area contributed by atoms with Crippen LogP contribution in [0.15, 0.2) is 12.1 Å². The molecule has 0 N–H and O–H groups in total. The molecule has 0 amide bonds. The number of carbonyl (C=O) groups is 2. The van der Waals surface area contributed by atoms with Gasteiger partial charge in [0.05, 0.1) is 6.61 Å². The Kier molecular flexibility index (Phi) is 6.22. The van der Waals surface area contributed by atoms with Gasteiger partial charge in [-0.05, 0) is 50.5 Å². The van der Waals surface area contributed by atoms with Crippen molar-refractivity contribution in [3.8, 4) is 5.75 Å². The minimum absolute atomic E-state index is 0.338. The predicted molar refractivity (Wildman–Crippen MR) is 77.3 cm³/mol. The van der Waals surface area contributed by atoms with Crippen molar-refractivity contribution in [3.63, 3.8) is 0 Å². The molecule has 0 saturated heterocycles. The highest BCUT2D eigenvalue weighted by Crippen LogP contribution is 2.26. The summed E-state index contributed by atoms with van der Waals surface area (Å²) in [6.45, 7) is 7.83. The largest absolute Gasteiger partial charge is 0.478 e. The second kappa shape index (κ2) is 7.68. The van der Waals surface area contributed by atoms with Gasteiger partial charge in [0.15, 0.2) is 6.10 Å². The van der Waals surface area contributed by atoms with E-state index in [4.69, 9.17) is 9.47 Å². The molecule has 1 rings (SSSR count). The van der Waals surface area contributed by atoms with Crippen molar-refractivity contribution < 1.29 is 19.1 Å². The zero-order valence-electron chi connectivity index (χ0n) is 12.6. The number of hydrogen-bond acceptors (Lipinski definition) is 4. The van der Waals surface area contributed by atoms with Crippen LogP contribution in [0.25, 0.3) is 0 Å². The Morgan fingerprint density at radius 3 is 2.30 bits per heavy atom. The Morgan fingerprint density at radius 1 is 1.25 bits per heavy atom. The number of benzene rings is 1. The van der Waals surface area contributed by atoms with Gasteiger partial charge in [0, 0.05) is 5.56 Å². The summed E-state index contributed by atoms with van der Waals surface area (Å²) >= 11 is 0. The molecule has 0 aliphatic carbocycles. The molecule has 0 radical (unpaired) electrons. The Hall–Kier alpha value is -1.84. The van der Waals surface area contributed by atoms with Crippen molar-refractivity contribution in [3.05, 3.63) is 28.8 Å². The number of carbonyl (C=O) groups excluding carboxylic acids is 2. The lowest BCUT2D eigenvalue weighted by molar-refractivity contribution is -0.151. The van der Waals surface area contributed by atoms with Gasteiger partial charge in [0.1, 0.15) is 12.0 Å². The fourth-order valence-electron chi connectivity index (χ4n) is 2.10. The Labute approximate surface area is 120 Å². The summed E-state index contributed by atoms with van der Waals surface area (Å²) in [7, 11) is 0. The van der Waals surface area contributed by atoms with Crippen molar-refractivity contribution >= 4 is 12.3 Å². The zero-order valence-corrected chi connectivity index (χ0v) is 12.6. The van der Waals surface area contributed by atoms with E-state index >= 15 is 0 Å².